The van der Waals surface area contributed by atoms with Crippen molar-refractivity contribution < 1.29 is 18.0 Å². The van der Waals surface area contributed by atoms with E-state index in [0.717, 1.165) is 0 Å². The topological polar surface area (TPSA) is 80.3 Å². The molecule has 2 atom stereocenters. The lowest BCUT2D eigenvalue weighted by atomic mass is 10.0. The molecule has 0 heterocycles. The molecule has 0 spiro atoms. The predicted molar refractivity (Wildman–Crippen MR) is 117 cm³/mol. The molecule has 154 valence electrons. The van der Waals surface area contributed by atoms with Crippen molar-refractivity contribution in [3.05, 3.63) is 107 Å². The van der Waals surface area contributed by atoms with Gasteiger partial charge in [-0.2, -0.15) is 0 Å². The lowest BCUT2D eigenvalue weighted by molar-refractivity contribution is 0.0899. The van der Waals surface area contributed by atoms with Gasteiger partial charge in [-0.05, 0) is 36.8 Å². The summed E-state index contributed by atoms with van der Waals surface area (Å²) in [5, 5.41) is -1.52. The van der Waals surface area contributed by atoms with Crippen LogP contribution in [0.15, 0.2) is 84.9 Å². The van der Waals surface area contributed by atoms with Crippen LogP contribution in [0.5, 0.6) is 0 Å². The highest BCUT2D eigenvalue weighted by atomic mass is 35.5. The van der Waals surface area contributed by atoms with Crippen molar-refractivity contribution in [3.63, 3.8) is 0 Å². The molecule has 3 aromatic carbocycles. The van der Waals surface area contributed by atoms with E-state index in [0.29, 0.717) is 10.6 Å². The fraction of sp³-hybridized carbons (Fsp3) is 0.130. The number of hydrogen-bond donors (Lipinski definition) is 1. The van der Waals surface area contributed by atoms with E-state index in [4.69, 9.17) is 11.6 Å². The first-order chi connectivity index (χ1) is 14.3. The summed E-state index contributed by atoms with van der Waals surface area (Å²) in [7, 11) is -4.36. The third kappa shape index (κ3) is 5.02. The Kier molecular flexibility index (Phi) is 6.82. The van der Waals surface area contributed by atoms with E-state index in [2.05, 4.69) is 4.72 Å². The summed E-state index contributed by atoms with van der Waals surface area (Å²) >= 11 is 5.87. The van der Waals surface area contributed by atoms with Crippen molar-refractivity contribution in [3.8, 4) is 0 Å². The number of Topliss-reactive ketones (excluding diaryl/α,β-unsaturated/α-hetero) is 2. The third-order valence-corrected chi connectivity index (χ3v) is 6.60. The minimum atomic E-state index is -4.36. The van der Waals surface area contributed by atoms with E-state index in [1.165, 1.54) is 36.4 Å². The van der Waals surface area contributed by atoms with Crippen LogP contribution in [-0.4, -0.2) is 25.2 Å². The molecular formula is C23H20ClNO4S. The van der Waals surface area contributed by atoms with Crippen molar-refractivity contribution in [2.45, 2.75) is 18.2 Å². The molecule has 5 nitrogen and oxygen atoms in total. The van der Waals surface area contributed by atoms with Gasteiger partial charge in [0.2, 0.25) is 15.3 Å². The van der Waals surface area contributed by atoms with Crippen molar-refractivity contribution in [1.29, 1.82) is 0 Å². The van der Waals surface area contributed by atoms with Crippen LogP contribution in [0.2, 0.25) is 5.02 Å². The van der Waals surface area contributed by atoms with Gasteiger partial charge in [0.25, 0.3) is 0 Å². The zero-order valence-electron chi connectivity index (χ0n) is 16.2. The van der Waals surface area contributed by atoms with Crippen LogP contribution in [0.25, 0.3) is 0 Å². The standard InChI is InChI=1S/C23H20ClNO4S/c1-16(17-8-4-2-5-9-17)25-30(28,29)23(21(26)18-10-6-3-7-11-18)22(27)19-12-14-20(24)15-13-19/h2-16,23,25H,1H3/t16-,23?/m1/s1. The van der Waals surface area contributed by atoms with Crippen molar-refractivity contribution in [1.82, 2.24) is 4.72 Å². The van der Waals surface area contributed by atoms with Crippen LogP contribution in [0.3, 0.4) is 0 Å². The Bertz CT molecular complexity index is 1130. The van der Waals surface area contributed by atoms with Gasteiger partial charge in [0.05, 0.1) is 0 Å². The van der Waals surface area contributed by atoms with Crippen molar-refractivity contribution in [2.24, 2.45) is 0 Å². The summed E-state index contributed by atoms with van der Waals surface area (Å²) in [6.45, 7) is 1.66. The highest BCUT2D eigenvalue weighted by Gasteiger charge is 2.40. The number of nitrogens with one attached hydrogen (secondary N) is 1. The molecule has 1 N–H and O–H groups in total. The number of sulfonamides is 1. The molecule has 0 amide bonds. The van der Waals surface area contributed by atoms with Crippen LogP contribution >= 0.6 is 11.6 Å². The maximum absolute atomic E-state index is 13.2. The predicted octanol–water partition coefficient (Wildman–Crippen LogP) is 4.45. The minimum absolute atomic E-state index is 0.0893. The van der Waals surface area contributed by atoms with Gasteiger partial charge in [0, 0.05) is 22.2 Å². The first kappa shape index (κ1) is 21.9. The molecule has 0 radical (unpaired) electrons. The van der Waals surface area contributed by atoms with Gasteiger partial charge in [-0.3, -0.25) is 9.59 Å². The Morgan fingerprint density at radius 1 is 0.767 bits per heavy atom. The molecule has 30 heavy (non-hydrogen) atoms. The second-order valence-corrected chi connectivity index (χ2v) is 9.01. The normalized spacial score (nSPS) is 13.4. The largest absolute Gasteiger partial charge is 0.292 e. The van der Waals surface area contributed by atoms with Gasteiger partial charge in [0.15, 0.2) is 11.6 Å². The molecular weight excluding hydrogens is 422 g/mol. The second-order valence-electron chi connectivity index (χ2n) is 6.78. The van der Waals surface area contributed by atoms with E-state index in [-0.39, 0.29) is 11.1 Å². The second kappa shape index (κ2) is 9.34. The number of carbonyl (C=O) groups excluding carboxylic acids is 2. The van der Waals surface area contributed by atoms with Crippen LogP contribution in [0, 0.1) is 0 Å². The zero-order chi connectivity index (χ0) is 21.7. The molecule has 0 bridgehead atoms. The van der Waals surface area contributed by atoms with Crippen molar-refractivity contribution in [2.75, 3.05) is 0 Å². The minimum Gasteiger partial charge on any atom is -0.292 e. The first-order valence-electron chi connectivity index (χ1n) is 9.25. The van der Waals surface area contributed by atoms with Crippen LogP contribution in [0.4, 0.5) is 0 Å². The van der Waals surface area contributed by atoms with E-state index in [1.807, 2.05) is 6.07 Å². The van der Waals surface area contributed by atoms with E-state index < -0.39 is 32.9 Å². The average Bonchev–Trinajstić information content (AvgIpc) is 2.75. The molecule has 1 unspecified atom stereocenters. The summed E-state index contributed by atoms with van der Waals surface area (Å²) in [6.07, 6.45) is 0. The molecule has 3 rings (SSSR count). The molecule has 0 aliphatic rings. The Hall–Kier alpha value is -2.80. The number of benzene rings is 3. The average molecular weight is 442 g/mol. The van der Waals surface area contributed by atoms with Crippen LogP contribution in [0.1, 0.15) is 39.2 Å². The fourth-order valence-corrected chi connectivity index (χ4v) is 4.77. The smallest absolute Gasteiger partial charge is 0.230 e. The summed E-state index contributed by atoms with van der Waals surface area (Å²) in [4.78, 5) is 26.3. The fourth-order valence-electron chi connectivity index (χ4n) is 3.04. The molecule has 0 aliphatic carbocycles. The lowest BCUT2D eigenvalue weighted by Gasteiger charge is -2.20. The Labute approximate surface area is 180 Å². The molecule has 0 aromatic heterocycles. The quantitative estimate of drug-likeness (QED) is 0.413. The number of rotatable bonds is 8. The van der Waals surface area contributed by atoms with Gasteiger partial charge in [-0.1, -0.05) is 72.3 Å². The number of ketones is 2. The van der Waals surface area contributed by atoms with Gasteiger partial charge >= 0.3 is 0 Å². The number of carbonyl (C=O) groups is 2. The Balaban J connectivity index is 2.00. The summed E-state index contributed by atoms with van der Waals surface area (Å²) in [5.41, 5.74) is 0.944. The summed E-state index contributed by atoms with van der Waals surface area (Å²) < 4.78 is 29.0. The molecule has 0 saturated carbocycles. The molecule has 7 heteroatoms. The van der Waals surface area contributed by atoms with E-state index >= 15 is 0 Å². The van der Waals surface area contributed by atoms with Gasteiger partial charge in [-0.15, -0.1) is 0 Å². The third-order valence-electron chi connectivity index (χ3n) is 4.61. The zero-order valence-corrected chi connectivity index (χ0v) is 17.7. The van der Waals surface area contributed by atoms with Gasteiger partial charge < -0.3 is 0 Å². The molecule has 0 fully saturated rings. The first-order valence-corrected chi connectivity index (χ1v) is 11.2. The maximum atomic E-state index is 13.2. The Morgan fingerprint density at radius 3 is 1.77 bits per heavy atom. The number of halogens is 1. The van der Waals surface area contributed by atoms with E-state index in [9.17, 15) is 18.0 Å². The molecule has 3 aromatic rings. The molecule has 0 aliphatic heterocycles. The highest BCUT2D eigenvalue weighted by molar-refractivity contribution is 7.91. The summed E-state index contributed by atoms with van der Waals surface area (Å²) in [5.74, 6) is -1.60. The lowest BCUT2D eigenvalue weighted by Crippen LogP contribution is -2.45. The molecule has 0 saturated heterocycles. The number of hydrogen-bond acceptors (Lipinski definition) is 4. The van der Waals surface area contributed by atoms with Gasteiger partial charge in [0.1, 0.15) is 0 Å². The van der Waals surface area contributed by atoms with Crippen molar-refractivity contribution >= 4 is 33.2 Å². The monoisotopic (exact) mass is 441 g/mol. The maximum Gasteiger partial charge on any atom is 0.230 e. The Morgan fingerprint density at radius 2 is 1.23 bits per heavy atom. The SMILES string of the molecule is C[C@@H](NS(=O)(=O)C(C(=O)c1ccccc1)C(=O)c1ccc(Cl)cc1)c1ccccc1. The van der Waals surface area contributed by atoms with Crippen LogP contribution in [-0.2, 0) is 10.0 Å². The van der Waals surface area contributed by atoms with Gasteiger partial charge in [-0.25, -0.2) is 13.1 Å². The van der Waals surface area contributed by atoms with Crippen LogP contribution < -0.4 is 4.72 Å². The summed E-state index contributed by atoms with van der Waals surface area (Å²) in [6, 6.07) is 22.0. The highest BCUT2D eigenvalue weighted by Crippen LogP contribution is 2.21. The van der Waals surface area contributed by atoms with E-state index in [1.54, 1.807) is 49.4 Å².